The van der Waals surface area contributed by atoms with Gasteiger partial charge in [0.05, 0.1) is 6.04 Å². The van der Waals surface area contributed by atoms with Gasteiger partial charge in [0.25, 0.3) is 0 Å². The molecule has 0 aliphatic carbocycles. The summed E-state index contributed by atoms with van der Waals surface area (Å²) in [5.41, 5.74) is 0.585. The standard InChI is InChI=1S/C13H17FN2O.2ClH/c1-2-12(16-8-6-15-7-9-16)10-4-3-5-11(14)13(10)17;;/h2-5,12,15,17H,1,6-9H2;2*1H/t12-;;/m1../s1. The maximum atomic E-state index is 13.3. The summed E-state index contributed by atoms with van der Waals surface area (Å²) in [5.74, 6) is -0.847. The van der Waals surface area contributed by atoms with Crippen molar-refractivity contribution in [2.45, 2.75) is 6.04 Å². The van der Waals surface area contributed by atoms with Crippen LogP contribution in [0.3, 0.4) is 0 Å². The Labute approximate surface area is 125 Å². The van der Waals surface area contributed by atoms with Gasteiger partial charge >= 0.3 is 0 Å². The summed E-state index contributed by atoms with van der Waals surface area (Å²) < 4.78 is 13.3. The average molecular weight is 309 g/mol. The number of aromatic hydroxyl groups is 1. The lowest BCUT2D eigenvalue weighted by Crippen LogP contribution is -2.44. The van der Waals surface area contributed by atoms with E-state index in [2.05, 4.69) is 16.8 Å². The number of rotatable bonds is 3. The van der Waals surface area contributed by atoms with Crippen LogP contribution in [-0.2, 0) is 0 Å². The van der Waals surface area contributed by atoms with E-state index in [-0.39, 0.29) is 36.6 Å². The van der Waals surface area contributed by atoms with Gasteiger partial charge in [-0.25, -0.2) is 4.39 Å². The number of phenolic OH excluding ortho intramolecular Hbond substituents is 1. The first-order valence-electron chi connectivity index (χ1n) is 5.78. The summed E-state index contributed by atoms with van der Waals surface area (Å²) >= 11 is 0. The first-order valence-corrected chi connectivity index (χ1v) is 5.78. The zero-order chi connectivity index (χ0) is 12.3. The smallest absolute Gasteiger partial charge is 0.165 e. The highest BCUT2D eigenvalue weighted by Gasteiger charge is 2.22. The number of halogens is 3. The van der Waals surface area contributed by atoms with Gasteiger partial charge in [-0.1, -0.05) is 18.2 Å². The summed E-state index contributed by atoms with van der Waals surface area (Å²) in [6.07, 6.45) is 1.75. The molecule has 2 N–H and O–H groups in total. The average Bonchev–Trinajstić information content (AvgIpc) is 2.37. The molecule has 1 aromatic rings. The zero-order valence-electron chi connectivity index (χ0n) is 10.5. The van der Waals surface area contributed by atoms with Crippen molar-refractivity contribution in [2.75, 3.05) is 26.2 Å². The van der Waals surface area contributed by atoms with E-state index in [1.165, 1.54) is 6.07 Å². The van der Waals surface area contributed by atoms with Crippen LogP contribution in [0.25, 0.3) is 0 Å². The molecule has 1 saturated heterocycles. The first kappa shape index (κ1) is 18.2. The number of para-hydroxylation sites is 1. The fourth-order valence-corrected chi connectivity index (χ4v) is 2.20. The summed E-state index contributed by atoms with van der Waals surface area (Å²) in [4.78, 5) is 2.18. The molecule has 19 heavy (non-hydrogen) atoms. The normalized spacial score (nSPS) is 16.9. The van der Waals surface area contributed by atoms with E-state index in [0.717, 1.165) is 26.2 Å². The van der Waals surface area contributed by atoms with Crippen molar-refractivity contribution < 1.29 is 9.50 Å². The van der Waals surface area contributed by atoms with Crippen LogP contribution in [0.5, 0.6) is 5.75 Å². The van der Waals surface area contributed by atoms with Crippen LogP contribution in [-0.4, -0.2) is 36.2 Å². The van der Waals surface area contributed by atoms with Crippen molar-refractivity contribution >= 4 is 24.8 Å². The van der Waals surface area contributed by atoms with E-state index in [0.29, 0.717) is 5.56 Å². The monoisotopic (exact) mass is 308 g/mol. The van der Waals surface area contributed by atoms with Gasteiger partial charge in [0.2, 0.25) is 0 Å². The van der Waals surface area contributed by atoms with Crippen LogP contribution < -0.4 is 5.32 Å². The van der Waals surface area contributed by atoms with Gasteiger partial charge < -0.3 is 10.4 Å². The van der Waals surface area contributed by atoms with E-state index in [1.54, 1.807) is 18.2 Å². The van der Waals surface area contributed by atoms with Gasteiger partial charge in [-0.3, -0.25) is 4.90 Å². The third kappa shape index (κ3) is 4.08. The number of nitrogens with zero attached hydrogens (tertiary/aromatic N) is 1. The molecule has 1 aromatic carbocycles. The Morgan fingerprint density at radius 2 is 1.95 bits per heavy atom. The molecule has 0 unspecified atom stereocenters. The third-order valence-corrected chi connectivity index (χ3v) is 3.10. The SMILES string of the molecule is C=C[C@H](c1cccc(F)c1O)N1CCNCC1.Cl.Cl. The fourth-order valence-electron chi connectivity index (χ4n) is 2.20. The Balaban J connectivity index is 0.00000162. The second-order valence-corrected chi connectivity index (χ2v) is 4.14. The molecule has 3 nitrogen and oxygen atoms in total. The molecule has 1 heterocycles. The van der Waals surface area contributed by atoms with Crippen LogP contribution in [0.1, 0.15) is 11.6 Å². The van der Waals surface area contributed by atoms with Crippen LogP contribution in [0.15, 0.2) is 30.9 Å². The Bertz CT molecular complexity index is 412. The van der Waals surface area contributed by atoms with Crippen LogP contribution in [0.4, 0.5) is 4.39 Å². The molecule has 0 amide bonds. The minimum Gasteiger partial charge on any atom is -0.505 e. The van der Waals surface area contributed by atoms with Crippen LogP contribution in [0, 0.1) is 5.82 Å². The molecule has 1 atom stereocenters. The minimum absolute atomic E-state index is 0. The van der Waals surface area contributed by atoms with Crippen molar-refractivity contribution in [3.63, 3.8) is 0 Å². The first-order chi connectivity index (χ1) is 8.24. The van der Waals surface area contributed by atoms with Gasteiger partial charge in [-0.15, -0.1) is 31.4 Å². The molecule has 0 spiro atoms. The van der Waals surface area contributed by atoms with E-state index >= 15 is 0 Å². The molecular weight excluding hydrogens is 290 g/mol. The Kier molecular flexibility index (Phi) is 8.02. The van der Waals surface area contributed by atoms with Crippen molar-refractivity contribution in [1.82, 2.24) is 10.2 Å². The molecular formula is C13H19Cl2FN2O. The lowest BCUT2D eigenvalue weighted by Gasteiger charge is -2.33. The predicted octanol–water partition coefficient (Wildman–Crippen LogP) is 2.51. The van der Waals surface area contributed by atoms with E-state index in [4.69, 9.17) is 0 Å². The van der Waals surface area contributed by atoms with Crippen molar-refractivity contribution in [3.8, 4) is 5.75 Å². The highest BCUT2D eigenvalue weighted by Crippen LogP contribution is 2.31. The van der Waals surface area contributed by atoms with Crippen LogP contribution >= 0.6 is 24.8 Å². The molecule has 0 aromatic heterocycles. The highest BCUT2D eigenvalue weighted by atomic mass is 35.5. The number of hydrogen-bond acceptors (Lipinski definition) is 3. The number of benzene rings is 1. The van der Waals surface area contributed by atoms with Crippen molar-refractivity contribution in [3.05, 3.63) is 42.2 Å². The molecule has 1 aliphatic rings. The maximum absolute atomic E-state index is 13.3. The number of nitrogens with one attached hydrogen (secondary N) is 1. The summed E-state index contributed by atoms with van der Waals surface area (Å²) in [6.45, 7) is 7.33. The largest absolute Gasteiger partial charge is 0.505 e. The Morgan fingerprint density at radius 3 is 2.53 bits per heavy atom. The molecule has 1 fully saturated rings. The second kappa shape index (κ2) is 8.38. The van der Waals surface area contributed by atoms with E-state index in [1.807, 2.05) is 0 Å². The number of piperazine rings is 1. The Morgan fingerprint density at radius 1 is 1.32 bits per heavy atom. The lowest BCUT2D eigenvalue weighted by atomic mass is 10.0. The molecule has 108 valence electrons. The lowest BCUT2D eigenvalue weighted by molar-refractivity contribution is 0.200. The van der Waals surface area contributed by atoms with Gasteiger partial charge in [0.1, 0.15) is 0 Å². The highest BCUT2D eigenvalue weighted by molar-refractivity contribution is 5.85. The second-order valence-electron chi connectivity index (χ2n) is 4.14. The number of hydrogen-bond donors (Lipinski definition) is 2. The molecule has 6 heteroatoms. The molecule has 0 radical (unpaired) electrons. The predicted molar refractivity (Wildman–Crippen MR) is 79.9 cm³/mol. The summed E-state index contributed by atoms with van der Waals surface area (Å²) in [6, 6.07) is 4.49. The molecule has 1 aliphatic heterocycles. The molecule has 0 bridgehead atoms. The quantitative estimate of drug-likeness (QED) is 0.842. The van der Waals surface area contributed by atoms with Gasteiger partial charge in [0.15, 0.2) is 11.6 Å². The van der Waals surface area contributed by atoms with Gasteiger partial charge in [-0.05, 0) is 6.07 Å². The van der Waals surface area contributed by atoms with Gasteiger partial charge in [-0.2, -0.15) is 0 Å². The zero-order valence-corrected chi connectivity index (χ0v) is 12.1. The van der Waals surface area contributed by atoms with E-state index in [9.17, 15) is 9.50 Å². The molecule has 2 rings (SSSR count). The summed E-state index contributed by atoms with van der Waals surface area (Å²) in [7, 11) is 0. The molecule has 0 saturated carbocycles. The fraction of sp³-hybridized carbons (Fsp3) is 0.385. The van der Waals surface area contributed by atoms with E-state index < -0.39 is 5.82 Å². The number of phenols is 1. The van der Waals surface area contributed by atoms with Crippen molar-refractivity contribution in [1.29, 1.82) is 0 Å². The maximum Gasteiger partial charge on any atom is 0.165 e. The topological polar surface area (TPSA) is 35.5 Å². The third-order valence-electron chi connectivity index (χ3n) is 3.10. The van der Waals surface area contributed by atoms with Crippen molar-refractivity contribution in [2.24, 2.45) is 0 Å². The van der Waals surface area contributed by atoms with Crippen LogP contribution in [0.2, 0.25) is 0 Å². The van der Waals surface area contributed by atoms with Gasteiger partial charge in [0, 0.05) is 31.7 Å². The summed E-state index contributed by atoms with van der Waals surface area (Å²) in [5, 5.41) is 13.0. The Hall–Kier alpha value is -0.810. The minimum atomic E-state index is -0.579.